The predicted octanol–water partition coefficient (Wildman–Crippen LogP) is 0.0303. The number of likely N-dealkylation sites (N-methyl/N-ethyl adjacent to an activating group) is 1. The van der Waals surface area contributed by atoms with Gasteiger partial charge in [-0.15, -0.1) is 0 Å². The van der Waals surface area contributed by atoms with Crippen LogP contribution in [0.4, 0.5) is 0 Å². The van der Waals surface area contributed by atoms with Crippen molar-refractivity contribution in [3.05, 3.63) is 0 Å². The fourth-order valence-electron chi connectivity index (χ4n) is 2.73. The van der Waals surface area contributed by atoms with E-state index in [0.29, 0.717) is 19.1 Å². The van der Waals surface area contributed by atoms with Crippen LogP contribution < -0.4 is 5.73 Å². The number of carbonyl (C=O) groups is 1. The molecule has 0 aromatic carbocycles. The van der Waals surface area contributed by atoms with E-state index in [1.54, 1.807) is 0 Å². The summed E-state index contributed by atoms with van der Waals surface area (Å²) < 4.78 is 0. The Morgan fingerprint density at radius 2 is 2.07 bits per heavy atom. The lowest BCUT2D eigenvalue weighted by Crippen LogP contribution is -2.59. The SMILES string of the molecule is CN1C(=O)CN(C2CCCC2)CC1CN. The molecule has 1 saturated carbocycles. The topological polar surface area (TPSA) is 49.6 Å². The van der Waals surface area contributed by atoms with Crippen molar-refractivity contribution in [3.63, 3.8) is 0 Å². The molecule has 4 nitrogen and oxygen atoms in total. The summed E-state index contributed by atoms with van der Waals surface area (Å²) in [5.41, 5.74) is 5.70. The molecular weight excluding hydrogens is 190 g/mol. The largest absolute Gasteiger partial charge is 0.339 e. The molecule has 86 valence electrons. The maximum atomic E-state index is 11.8. The summed E-state index contributed by atoms with van der Waals surface area (Å²) in [7, 11) is 1.87. The monoisotopic (exact) mass is 211 g/mol. The van der Waals surface area contributed by atoms with Crippen molar-refractivity contribution in [3.8, 4) is 0 Å². The van der Waals surface area contributed by atoms with Gasteiger partial charge in [-0.3, -0.25) is 9.69 Å². The second-order valence-electron chi connectivity index (χ2n) is 4.76. The van der Waals surface area contributed by atoms with Crippen molar-refractivity contribution in [1.29, 1.82) is 0 Å². The van der Waals surface area contributed by atoms with Gasteiger partial charge in [0.2, 0.25) is 5.91 Å². The Morgan fingerprint density at radius 1 is 1.40 bits per heavy atom. The lowest BCUT2D eigenvalue weighted by atomic mass is 10.1. The molecule has 1 unspecified atom stereocenters. The predicted molar refractivity (Wildman–Crippen MR) is 59.4 cm³/mol. The molecule has 0 spiro atoms. The first-order chi connectivity index (χ1) is 7.22. The van der Waals surface area contributed by atoms with Gasteiger partial charge in [0.1, 0.15) is 0 Å². The Hall–Kier alpha value is -0.610. The van der Waals surface area contributed by atoms with Gasteiger partial charge >= 0.3 is 0 Å². The van der Waals surface area contributed by atoms with Crippen LogP contribution in [0.5, 0.6) is 0 Å². The summed E-state index contributed by atoms with van der Waals surface area (Å²) in [6.07, 6.45) is 5.15. The zero-order valence-electron chi connectivity index (χ0n) is 9.48. The Kier molecular flexibility index (Phi) is 3.26. The van der Waals surface area contributed by atoms with Gasteiger partial charge in [-0.25, -0.2) is 0 Å². The quantitative estimate of drug-likeness (QED) is 0.701. The van der Waals surface area contributed by atoms with E-state index in [0.717, 1.165) is 6.54 Å². The van der Waals surface area contributed by atoms with Crippen molar-refractivity contribution >= 4 is 5.91 Å². The minimum atomic E-state index is 0.215. The van der Waals surface area contributed by atoms with Crippen molar-refractivity contribution in [2.24, 2.45) is 5.73 Å². The third kappa shape index (κ3) is 2.16. The number of piperazine rings is 1. The minimum absolute atomic E-state index is 0.215. The van der Waals surface area contributed by atoms with Crippen LogP contribution in [0.1, 0.15) is 25.7 Å². The summed E-state index contributed by atoms with van der Waals surface area (Å²) in [6.45, 7) is 2.13. The van der Waals surface area contributed by atoms with E-state index in [-0.39, 0.29) is 11.9 Å². The number of nitrogens with zero attached hydrogens (tertiary/aromatic N) is 2. The van der Waals surface area contributed by atoms with Crippen molar-refractivity contribution in [2.75, 3.05) is 26.7 Å². The zero-order chi connectivity index (χ0) is 10.8. The fourth-order valence-corrected chi connectivity index (χ4v) is 2.73. The van der Waals surface area contributed by atoms with Gasteiger partial charge < -0.3 is 10.6 Å². The Labute approximate surface area is 91.4 Å². The van der Waals surface area contributed by atoms with E-state index in [1.165, 1.54) is 25.7 Å². The van der Waals surface area contributed by atoms with Crippen LogP contribution in [-0.4, -0.2) is 54.5 Å². The molecule has 0 bridgehead atoms. The van der Waals surface area contributed by atoms with Crippen molar-refractivity contribution in [2.45, 2.75) is 37.8 Å². The lowest BCUT2D eigenvalue weighted by molar-refractivity contribution is -0.138. The summed E-state index contributed by atoms with van der Waals surface area (Å²) in [5, 5.41) is 0. The molecule has 2 fully saturated rings. The summed E-state index contributed by atoms with van der Waals surface area (Å²) in [6, 6.07) is 0.851. The van der Waals surface area contributed by atoms with Crippen LogP contribution >= 0.6 is 0 Å². The van der Waals surface area contributed by atoms with Crippen LogP contribution in [0, 0.1) is 0 Å². The van der Waals surface area contributed by atoms with Crippen LogP contribution in [0.25, 0.3) is 0 Å². The van der Waals surface area contributed by atoms with Gasteiger partial charge in [-0.1, -0.05) is 12.8 Å². The Bertz CT molecular complexity index is 238. The molecule has 15 heavy (non-hydrogen) atoms. The number of rotatable bonds is 2. The lowest BCUT2D eigenvalue weighted by Gasteiger charge is -2.41. The van der Waals surface area contributed by atoms with Gasteiger partial charge in [0, 0.05) is 26.2 Å². The smallest absolute Gasteiger partial charge is 0.236 e. The maximum Gasteiger partial charge on any atom is 0.236 e. The van der Waals surface area contributed by atoms with E-state index in [4.69, 9.17) is 5.73 Å². The standard InChI is InChI=1S/C11H21N3O/c1-13-10(6-12)7-14(8-11(13)15)9-4-2-3-5-9/h9-10H,2-8,12H2,1H3. The van der Waals surface area contributed by atoms with Crippen LogP contribution in [0.3, 0.4) is 0 Å². The third-order valence-corrected chi connectivity index (χ3v) is 3.84. The van der Waals surface area contributed by atoms with E-state index in [2.05, 4.69) is 4.90 Å². The highest BCUT2D eigenvalue weighted by molar-refractivity contribution is 5.79. The molecule has 1 amide bonds. The summed E-state index contributed by atoms with van der Waals surface area (Å²) >= 11 is 0. The maximum absolute atomic E-state index is 11.8. The van der Waals surface area contributed by atoms with Gasteiger partial charge in [0.25, 0.3) is 0 Å². The number of carbonyl (C=O) groups excluding carboxylic acids is 1. The van der Waals surface area contributed by atoms with Gasteiger partial charge in [0.05, 0.1) is 12.6 Å². The molecular formula is C11H21N3O. The van der Waals surface area contributed by atoms with E-state index in [9.17, 15) is 4.79 Å². The zero-order valence-corrected chi connectivity index (χ0v) is 9.48. The number of amides is 1. The summed E-state index contributed by atoms with van der Waals surface area (Å²) in [4.78, 5) is 15.9. The second-order valence-corrected chi connectivity index (χ2v) is 4.76. The van der Waals surface area contributed by atoms with E-state index < -0.39 is 0 Å². The van der Waals surface area contributed by atoms with Crippen LogP contribution in [0.15, 0.2) is 0 Å². The van der Waals surface area contributed by atoms with Gasteiger partial charge in [-0.2, -0.15) is 0 Å². The Balaban J connectivity index is 1.99. The molecule has 1 atom stereocenters. The molecule has 0 radical (unpaired) electrons. The highest BCUT2D eigenvalue weighted by Crippen LogP contribution is 2.25. The fraction of sp³-hybridized carbons (Fsp3) is 0.909. The molecule has 1 heterocycles. The number of hydrogen-bond donors (Lipinski definition) is 1. The van der Waals surface area contributed by atoms with Crippen LogP contribution in [0.2, 0.25) is 0 Å². The van der Waals surface area contributed by atoms with Crippen molar-refractivity contribution in [1.82, 2.24) is 9.80 Å². The first-order valence-electron chi connectivity index (χ1n) is 5.92. The first kappa shape index (κ1) is 10.9. The minimum Gasteiger partial charge on any atom is -0.339 e. The molecule has 0 aromatic heterocycles. The second kappa shape index (κ2) is 4.49. The number of nitrogens with two attached hydrogens (primary N) is 1. The van der Waals surface area contributed by atoms with Gasteiger partial charge in [-0.05, 0) is 12.8 Å². The normalized spacial score (nSPS) is 30.1. The summed E-state index contributed by atoms with van der Waals surface area (Å²) in [5.74, 6) is 0.226. The molecule has 4 heteroatoms. The van der Waals surface area contributed by atoms with E-state index in [1.807, 2.05) is 11.9 Å². The Morgan fingerprint density at radius 3 is 2.67 bits per heavy atom. The third-order valence-electron chi connectivity index (χ3n) is 3.84. The molecule has 0 aromatic rings. The number of hydrogen-bond acceptors (Lipinski definition) is 3. The van der Waals surface area contributed by atoms with Crippen LogP contribution in [-0.2, 0) is 4.79 Å². The van der Waals surface area contributed by atoms with E-state index >= 15 is 0 Å². The molecule has 2 N–H and O–H groups in total. The average Bonchev–Trinajstić information content (AvgIpc) is 2.75. The van der Waals surface area contributed by atoms with Crippen molar-refractivity contribution < 1.29 is 4.79 Å². The molecule has 2 rings (SSSR count). The molecule has 2 aliphatic rings. The highest BCUT2D eigenvalue weighted by Gasteiger charge is 2.33. The molecule has 1 aliphatic carbocycles. The first-order valence-corrected chi connectivity index (χ1v) is 5.92. The average molecular weight is 211 g/mol. The highest BCUT2D eigenvalue weighted by atomic mass is 16.2. The molecule has 1 aliphatic heterocycles. The molecule has 1 saturated heterocycles. The van der Waals surface area contributed by atoms with Gasteiger partial charge in [0.15, 0.2) is 0 Å².